The first-order valence-corrected chi connectivity index (χ1v) is 12.3. The van der Waals surface area contributed by atoms with Crippen molar-refractivity contribution in [3.05, 3.63) is 94.4 Å². The molecule has 0 saturated heterocycles. The van der Waals surface area contributed by atoms with E-state index in [0.717, 1.165) is 28.2 Å². The predicted molar refractivity (Wildman–Crippen MR) is 126 cm³/mol. The number of hydrogen-bond donors (Lipinski definition) is 2. The molecule has 32 heavy (non-hydrogen) atoms. The number of aromatic nitrogens is 2. The summed E-state index contributed by atoms with van der Waals surface area (Å²) in [6.07, 6.45) is 4.22. The van der Waals surface area contributed by atoms with Gasteiger partial charge in [-0.2, -0.15) is 5.10 Å². The molecular formula is C23H22N4O3S2. The number of benzene rings is 2. The quantitative estimate of drug-likeness (QED) is 0.410. The number of anilines is 1. The molecular weight excluding hydrogens is 444 g/mol. The van der Waals surface area contributed by atoms with E-state index in [-0.39, 0.29) is 9.77 Å². The molecule has 4 aromatic rings. The molecule has 0 aliphatic heterocycles. The molecule has 9 heteroatoms. The zero-order valence-corrected chi connectivity index (χ0v) is 19.0. The maximum absolute atomic E-state index is 12.8. The van der Waals surface area contributed by atoms with Crippen molar-refractivity contribution in [3.63, 3.8) is 0 Å². The van der Waals surface area contributed by atoms with Crippen molar-refractivity contribution in [3.8, 4) is 5.69 Å². The fraction of sp³-hybridized carbons (Fsp3) is 0.130. The lowest BCUT2D eigenvalue weighted by Gasteiger charge is -2.10. The third-order valence-electron chi connectivity index (χ3n) is 4.83. The highest BCUT2D eigenvalue weighted by Gasteiger charge is 2.24. The van der Waals surface area contributed by atoms with Crippen LogP contribution in [-0.4, -0.2) is 30.7 Å². The number of hydrogen-bond acceptors (Lipinski definition) is 5. The average molecular weight is 467 g/mol. The highest BCUT2D eigenvalue weighted by Crippen LogP contribution is 2.24. The van der Waals surface area contributed by atoms with Gasteiger partial charge in [-0.3, -0.25) is 9.52 Å². The molecule has 0 saturated carbocycles. The Morgan fingerprint density at radius 1 is 1.06 bits per heavy atom. The molecule has 1 amide bonds. The van der Waals surface area contributed by atoms with Gasteiger partial charge in [-0.25, -0.2) is 13.1 Å². The van der Waals surface area contributed by atoms with Gasteiger partial charge in [0.05, 0.1) is 5.69 Å². The normalized spacial score (nSPS) is 11.3. The Labute approximate surface area is 190 Å². The van der Waals surface area contributed by atoms with Gasteiger partial charge in [0.15, 0.2) is 0 Å². The zero-order valence-electron chi connectivity index (χ0n) is 17.4. The number of amides is 1. The van der Waals surface area contributed by atoms with Crippen LogP contribution in [0.5, 0.6) is 0 Å². The summed E-state index contributed by atoms with van der Waals surface area (Å²) in [6, 6.07) is 18.2. The summed E-state index contributed by atoms with van der Waals surface area (Å²) >= 11 is 1.10. The number of nitrogens with one attached hydrogen (secondary N) is 2. The predicted octanol–water partition coefficient (Wildman–Crippen LogP) is 4.02. The molecule has 0 aliphatic carbocycles. The van der Waals surface area contributed by atoms with E-state index in [4.69, 9.17) is 0 Å². The molecule has 2 N–H and O–H groups in total. The van der Waals surface area contributed by atoms with E-state index in [1.165, 1.54) is 6.07 Å². The minimum atomic E-state index is -3.87. The molecule has 2 aromatic heterocycles. The first-order chi connectivity index (χ1) is 15.4. The number of sulfonamides is 1. The van der Waals surface area contributed by atoms with E-state index in [1.807, 2.05) is 55.6 Å². The Kier molecular flexibility index (Phi) is 6.38. The van der Waals surface area contributed by atoms with Crippen LogP contribution in [-0.2, 0) is 16.4 Å². The van der Waals surface area contributed by atoms with Gasteiger partial charge in [0.2, 0.25) is 0 Å². The molecule has 0 spiro atoms. The molecule has 7 nitrogen and oxygen atoms in total. The Hall–Kier alpha value is -3.43. The summed E-state index contributed by atoms with van der Waals surface area (Å²) in [5.74, 6) is -0.405. The lowest BCUT2D eigenvalue weighted by Crippen LogP contribution is -2.27. The van der Waals surface area contributed by atoms with Crippen molar-refractivity contribution in [2.24, 2.45) is 0 Å². The highest BCUT2D eigenvalue weighted by atomic mass is 32.2. The zero-order chi connectivity index (χ0) is 22.6. The minimum absolute atomic E-state index is 0.0239. The minimum Gasteiger partial charge on any atom is -0.351 e. The average Bonchev–Trinajstić information content (AvgIpc) is 3.48. The van der Waals surface area contributed by atoms with E-state index in [9.17, 15) is 13.2 Å². The Morgan fingerprint density at radius 2 is 1.81 bits per heavy atom. The van der Waals surface area contributed by atoms with E-state index in [0.29, 0.717) is 18.7 Å². The summed E-state index contributed by atoms with van der Waals surface area (Å²) in [5.41, 5.74) is 3.49. The molecule has 0 bridgehead atoms. The third kappa shape index (κ3) is 5.06. The van der Waals surface area contributed by atoms with Gasteiger partial charge < -0.3 is 5.32 Å². The van der Waals surface area contributed by atoms with Crippen LogP contribution in [0.25, 0.3) is 5.69 Å². The molecule has 2 aromatic carbocycles. The van der Waals surface area contributed by atoms with Gasteiger partial charge in [0, 0.05) is 24.6 Å². The maximum atomic E-state index is 12.8. The van der Waals surface area contributed by atoms with Crippen molar-refractivity contribution >= 4 is 33.0 Å². The van der Waals surface area contributed by atoms with Crippen molar-refractivity contribution in [2.45, 2.75) is 18.2 Å². The van der Waals surface area contributed by atoms with E-state index in [2.05, 4.69) is 15.1 Å². The summed E-state index contributed by atoms with van der Waals surface area (Å²) in [6.45, 7) is 2.32. The fourth-order valence-electron chi connectivity index (χ4n) is 3.14. The van der Waals surface area contributed by atoms with Crippen LogP contribution in [0.15, 0.2) is 83.3 Å². The van der Waals surface area contributed by atoms with Crippen LogP contribution in [0.4, 0.5) is 5.69 Å². The lowest BCUT2D eigenvalue weighted by atomic mass is 10.1. The smallest absolute Gasteiger partial charge is 0.263 e. The van der Waals surface area contributed by atoms with Crippen molar-refractivity contribution in [1.29, 1.82) is 0 Å². The van der Waals surface area contributed by atoms with Crippen LogP contribution in [0, 0.1) is 6.92 Å². The monoisotopic (exact) mass is 466 g/mol. The molecule has 164 valence electrons. The van der Waals surface area contributed by atoms with Crippen LogP contribution in [0.3, 0.4) is 0 Å². The summed E-state index contributed by atoms with van der Waals surface area (Å²) in [7, 11) is -3.87. The SMILES string of the molecule is Cc1ccc(NS(=O)(=O)c2ccsc2C(=O)NCCc2ccc(-n3cccn3)cc2)cc1. The summed E-state index contributed by atoms with van der Waals surface area (Å²) in [4.78, 5) is 12.8. The maximum Gasteiger partial charge on any atom is 0.263 e. The number of carbonyl (C=O) groups is 1. The topological polar surface area (TPSA) is 93.1 Å². The van der Waals surface area contributed by atoms with Gasteiger partial charge in [-0.1, -0.05) is 29.8 Å². The largest absolute Gasteiger partial charge is 0.351 e. The van der Waals surface area contributed by atoms with Gasteiger partial charge in [-0.15, -0.1) is 11.3 Å². The molecule has 0 atom stereocenters. The first kappa shape index (κ1) is 21.8. The Morgan fingerprint density at radius 3 is 2.50 bits per heavy atom. The Bertz CT molecular complexity index is 1290. The summed E-state index contributed by atoms with van der Waals surface area (Å²) < 4.78 is 29.9. The fourth-order valence-corrected chi connectivity index (χ4v) is 5.55. The number of nitrogens with zero attached hydrogens (tertiary/aromatic N) is 2. The summed E-state index contributed by atoms with van der Waals surface area (Å²) in [5, 5.41) is 8.62. The van der Waals surface area contributed by atoms with Crippen LogP contribution >= 0.6 is 11.3 Å². The first-order valence-electron chi connectivity index (χ1n) is 9.96. The van der Waals surface area contributed by atoms with Crippen LogP contribution in [0.1, 0.15) is 20.8 Å². The Balaban J connectivity index is 1.37. The molecule has 0 radical (unpaired) electrons. The van der Waals surface area contributed by atoms with Crippen molar-refractivity contribution in [2.75, 3.05) is 11.3 Å². The van der Waals surface area contributed by atoms with Gasteiger partial charge >= 0.3 is 0 Å². The highest BCUT2D eigenvalue weighted by molar-refractivity contribution is 7.93. The molecule has 0 unspecified atom stereocenters. The second kappa shape index (κ2) is 9.37. The van der Waals surface area contributed by atoms with Gasteiger partial charge in [0.25, 0.3) is 15.9 Å². The van der Waals surface area contributed by atoms with Gasteiger partial charge in [0.1, 0.15) is 9.77 Å². The van der Waals surface area contributed by atoms with Gasteiger partial charge in [-0.05, 0) is 60.7 Å². The van der Waals surface area contributed by atoms with Crippen LogP contribution in [0.2, 0.25) is 0 Å². The van der Waals surface area contributed by atoms with E-state index < -0.39 is 15.9 Å². The number of thiophene rings is 1. The second-order valence-corrected chi connectivity index (χ2v) is 9.78. The standard InChI is InChI=1S/C23H22N4O3S2/c1-17-3-7-19(8-4-17)26-32(29,30)21-12-16-31-22(21)23(28)24-14-11-18-5-9-20(10-6-18)27-15-2-13-25-27/h2-10,12-13,15-16,26H,11,14H2,1H3,(H,24,28). The lowest BCUT2D eigenvalue weighted by molar-refractivity contribution is 0.0955. The molecule has 0 fully saturated rings. The number of carbonyl (C=O) groups excluding carboxylic acids is 1. The molecule has 4 rings (SSSR count). The number of aryl methyl sites for hydroxylation is 1. The van der Waals surface area contributed by atoms with E-state index in [1.54, 1.807) is 28.4 Å². The van der Waals surface area contributed by atoms with E-state index >= 15 is 0 Å². The second-order valence-electron chi connectivity index (χ2n) is 7.21. The van der Waals surface area contributed by atoms with Crippen LogP contribution < -0.4 is 10.0 Å². The molecule has 2 heterocycles. The third-order valence-corrected chi connectivity index (χ3v) is 7.30. The van der Waals surface area contributed by atoms with Crippen molar-refractivity contribution < 1.29 is 13.2 Å². The number of rotatable bonds is 8. The molecule has 0 aliphatic rings. The van der Waals surface area contributed by atoms with Crippen molar-refractivity contribution in [1.82, 2.24) is 15.1 Å².